The number of aromatic nitrogens is 3. The highest BCUT2D eigenvalue weighted by Crippen LogP contribution is 2.09. The molecule has 0 saturated carbocycles. The number of nitrogens with one attached hydrogen (secondary N) is 1. The maximum atomic E-state index is 4.23. The molecule has 0 amide bonds. The van der Waals surface area contributed by atoms with E-state index in [4.69, 9.17) is 0 Å². The third kappa shape index (κ3) is 5.59. The smallest absolute Gasteiger partial charge is 0.0965 e. The summed E-state index contributed by atoms with van der Waals surface area (Å²) in [5.41, 5.74) is 1.14. The summed E-state index contributed by atoms with van der Waals surface area (Å²) in [4.78, 5) is 2.56. The number of hydrogen-bond acceptors (Lipinski definition) is 4. The molecule has 1 aliphatic rings. The lowest BCUT2D eigenvalue weighted by Gasteiger charge is -2.19. The molecule has 5 nitrogen and oxygen atoms in total. The van der Waals surface area contributed by atoms with Gasteiger partial charge >= 0.3 is 0 Å². The fraction of sp³-hybridized carbons (Fsp3) is 0.867. The summed E-state index contributed by atoms with van der Waals surface area (Å²) in [7, 11) is 0. The molecule has 0 bridgehead atoms. The van der Waals surface area contributed by atoms with E-state index in [1.165, 1.54) is 38.8 Å². The maximum absolute atomic E-state index is 4.23. The highest BCUT2D eigenvalue weighted by atomic mass is 15.4. The van der Waals surface area contributed by atoms with E-state index in [0.29, 0.717) is 0 Å². The second kappa shape index (κ2) is 7.18. The van der Waals surface area contributed by atoms with Crippen LogP contribution >= 0.6 is 0 Å². The van der Waals surface area contributed by atoms with Crippen molar-refractivity contribution in [1.29, 1.82) is 0 Å². The summed E-state index contributed by atoms with van der Waals surface area (Å²) in [6.45, 7) is 11.8. The first-order valence-electron chi connectivity index (χ1n) is 7.89. The minimum absolute atomic E-state index is 0.121. The van der Waals surface area contributed by atoms with E-state index in [1.54, 1.807) is 0 Å². The van der Waals surface area contributed by atoms with E-state index in [-0.39, 0.29) is 5.54 Å². The Bertz CT molecular complexity index is 385. The highest BCUT2D eigenvalue weighted by Gasteiger charge is 2.11. The molecular formula is C15H29N5. The monoisotopic (exact) mass is 279 g/mol. The van der Waals surface area contributed by atoms with Crippen molar-refractivity contribution in [2.75, 3.05) is 19.6 Å². The van der Waals surface area contributed by atoms with Gasteiger partial charge in [-0.15, -0.1) is 5.10 Å². The van der Waals surface area contributed by atoms with Crippen molar-refractivity contribution in [1.82, 2.24) is 25.2 Å². The van der Waals surface area contributed by atoms with Crippen LogP contribution in [0.4, 0.5) is 0 Å². The van der Waals surface area contributed by atoms with Gasteiger partial charge in [0.25, 0.3) is 0 Å². The van der Waals surface area contributed by atoms with Crippen LogP contribution in [0, 0.1) is 0 Å². The Hall–Kier alpha value is -0.940. The van der Waals surface area contributed by atoms with E-state index in [1.807, 2.05) is 4.68 Å². The van der Waals surface area contributed by atoms with Crippen LogP contribution in [0.15, 0.2) is 6.20 Å². The van der Waals surface area contributed by atoms with Crippen LogP contribution in [0.2, 0.25) is 0 Å². The summed E-state index contributed by atoms with van der Waals surface area (Å²) in [5.74, 6) is 0. The average Bonchev–Trinajstić information content (AvgIpc) is 2.68. The number of hydrogen-bond donors (Lipinski definition) is 1. The predicted molar refractivity (Wildman–Crippen MR) is 81.5 cm³/mol. The molecule has 5 heteroatoms. The molecule has 1 aromatic heterocycles. The highest BCUT2D eigenvalue weighted by molar-refractivity contribution is 4.93. The normalized spacial score (nSPS) is 18.1. The van der Waals surface area contributed by atoms with Crippen LogP contribution in [0.1, 0.15) is 52.1 Å². The number of likely N-dealkylation sites (tertiary alicyclic amines) is 1. The zero-order chi connectivity index (χ0) is 14.4. The van der Waals surface area contributed by atoms with Gasteiger partial charge in [0.15, 0.2) is 0 Å². The van der Waals surface area contributed by atoms with Crippen molar-refractivity contribution >= 4 is 0 Å². The summed E-state index contributed by atoms with van der Waals surface area (Å²) in [6, 6.07) is 0. The maximum Gasteiger partial charge on any atom is 0.0965 e. The minimum atomic E-state index is 0.121. The van der Waals surface area contributed by atoms with Gasteiger partial charge in [-0.1, -0.05) is 18.1 Å². The fourth-order valence-electron chi connectivity index (χ4n) is 2.49. The van der Waals surface area contributed by atoms with Crippen LogP contribution in [0.25, 0.3) is 0 Å². The predicted octanol–water partition coefficient (Wildman–Crippen LogP) is 2.04. The molecule has 2 heterocycles. The van der Waals surface area contributed by atoms with Crippen LogP contribution < -0.4 is 5.32 Å². The molecule has 20 heavy (non-hydrogen) atoms. The zero-order valence-electron chi connectivity index (χ0n) is 13.2. The lowest BCUT2D eigenvalue weighted by molar-refractivity contribution is 0.267. The Morgan fingerprint density at radius 3 is 2.45 bits per heavy atom. The number of nitrogens with zero attached hydrogens (tertiary/aromatic N) is 4. The SMILES string of the molecule is CC(C)(C)NCc1cn(CCN2CCCCCC2)nn1. The zero-order valence-corrected chi connectivity index (χ0v) is 13.2. The Kier molecular flexibility index (Phi) is 5.54. The van der Waals surface area contributed by atoms with Crippen molar-refractivity contribution < 1.29 is 0 Å². The third-order valence-corrected chi connectivity index (χ3v) is 3.73. The molecule has 114 valence electrons. The van der Waals surface area contributed by atoms with Gasteiger partial charge in [-0.2, -0.15) is 0 Å². The van der Waals surface area contributed by atoms with E-state index >= 15 is 0 Å². The summed E-state index contributed by atoms with van der Waals surface area (Å²) < 4.78 is 1.98. The van der Waals surface area contributed by atoms with Crippen LogP contribution in [-0.4, -0.2) is 45.1 Å². The Balaban J connectivity index is 1.74. The first-order valence-corrected chi connectivity index (χ1v) is 7.89. The van der Waals surface area contributed by atoms with E-state index in [0.717, 1.165) is 25.3 Å². The molecule has 0 aliphatic carbocycles. The first-order chi connectivity index (χ1) is 9.53. The molecule has 0 atom stereocenters. The van der Waals surface area contributed by atoms with Gasteiger partial charge in [-0.05, 0) is 46.7 Å². The summed E-state index contributed by atoms with van der Waals surface area (Å²) >= 11 is 0. The molecule has 1 saturated heterocycles. The second-order valence-corrected chi connectivity index (χ2v) is 6.83. The molecule has 1 aliphatic heterocycles. The molecule has 1 N–H and O–H groups in total. The van der Waals surface area contributed by atoms with Crippen molar-refractivity contribution in [3.63, 3.8) is 0 Å². The van der Waals surface area contributed by atoms with Crippen molar-refractivity contribution in [2.45, 2.75) is 65.1 Å². The molecule has 2 rings (SSSR count). The van der Waals surface area contributed by atoms with Gasteiger partial charge in [0, 0.05) is 24.8 Å². The number of rotatable bonds is 5. The van der Waals surface area contributed by atoms with Crippen molar-refractivity contribution in [3.05, 3.63) is 11.9 Å². The Morgan fingerprint density at radius 1 is 1.10 bits per heavy atom. The van der Waals surface area contributed by atoms with E-state index in [2.05, 4.69) is 47.5 Å². The van der Waals surface area contributed by atoms with Crippen LogP contribution in [0.3, 0.4) is 0 Å². The van der Waals surface area contributed by atoms with E-state index in [9.17, 15) is 0 Å². The van der Waals surface area contributed by atoms with Gasteiger partial charge in [-0.25, -0.2) is 0 Å². The van der Waals surface area contributed by atoms with Gasteiger partial charge in [0.05, 0.1) is 12.2 Å². The van der Waals surface area contributed by atoms with Crippen LogP contribution in [0.5, 0.6) is 0 Å². The molecule has 0 spiro atoms. The average molecular weight is 279 g/mol. The minimum Gasteiger partial charge on any atom is -0.306 e. The Labute approximate surface area is 122 Å². The second-order valence-electron chi connectivity index (χ2n) is 6.83. The quantitative estimate of drug-likeness (QED) is 0.896. The molecule has 0 aromatic carbocycles. The summed E-state index contributed by atoms with van der Waals surface area (Å²) in [6.07, 6.45) is 7.54. The summed E-state index contributed by atoms with van der Waals surface area (Å²) in [5, 5.41) is 11.9. The van der Waals surface area contributed by atoms with Gasteiger partial charge < -0.3 is 10.2 Å². The molecule has 0 radical (unpaired) electrons. The third-order valence-electron chi connectivity index (χ3n) is 3.73. The largest absolute Gasteiger partial charge is 0.306 e. The van der Waals surface area contributed by atoms with Crippen LogP contribution in [-0.2, 0) is 13.1 Å². The topological polar surface area (TPSA) is 46.0 Å². The first kappa shape index (κ1) is 15.4. The molecule has 0 unspecified atom stereocenters. The fourth-order valence-corrected chi connectivity index (χ4v) is 2.49. The molecule has 1 aromatic rings. The standard InChI is InChI=1S/C15H29N5/c1-15(2,3)16-12-14-13-20(18-17-14)11-10-19-8-6-4-5-7-9-19/h13,16H,4-12H2,1-3H3. The van der Waals surface area contributed by atoms with E-state index < -0.39 is 0 Å². The van der Waals surface area contributed by atoms with Crippen molar-refractivity contribution in [3.8, 4) is 0 Å². The van der Waals surface area contributed by atoms with Crippen molar-refractivity contribution in [2.24, 2.45) is 0 Å². The Morgan fingerprint density at radius 2 is 1.80 bits per heavy atom. The molecule has 1 fully saturated rings. The van der Waals surface area contributed by atoms with Gasteiger partial charge in [0.2, 0.25) is 0 Å². The van der Waals surface area contributed by atoms with Gasteiger partial charge in [0.1, 0.15) is 0 Å². The van der Waals surface area contributed by atoms with Gasteiger partial charge in [-0.3, -0.25) is 4.68 Å². The molecular weight excluding hydrogens is 250 g/mol. The lowest BCUT2D eigenvalue weighted by atomic mass is 10.1. The lowest BCUT2D eigenvalue weighted by Crippen LogP contribution is -2.35.